The molecule has 0 aromatic heterocycles. The molecule has 0 unspecified atom stereocenters. The van der Waals surface area contributed by atoms with Crippen molar-refractivity contribution in [2.24, 2.45) is 0 Å². The van der Waals surface area contributed by atoms with Crippen molar-refractivity contribution in [3.63, 3.8) is 0 Å². The van der Waals surface area contributed by atoms with Gasteiger partial charge in [0.2, 0.25) is 10.0 Å². The van der Waals surface area contributed by atoms with Crippen molar-refractivity contribution in [3.8, 4) is 5.75 Å². The standard InChI is InChI=1S/C19H20N2O5S/c22-21(23)18-15-17(27(24,25)20-12-4-5-13-20)10-11-19(18)26-14-6-9-16-7-2-1-3-8-16/h1-3,6-11,15H,4-5,12-14H2/b9-6+. The minimum atomic E-state index is -3.71. The summed E-state index contributed by atoms with van der Waals surface area (Å²) in [7, 11) is -3.71. The number of nitro groups is 1. The van der Waals surface area contributed by atoms with Crippen LogP contribution in [0.15, 0.2) is 59.5 Å². The molecule has 1 aliphatic rings. The maximum Gasteiger partial charge on any atom is 0.312 e. The zero-order valence-corrected chi connectivity index (χ0v) is 15.5. The topological polar surface area (TPSA) is 89.8 Å². The molecule has 1 fully saturated rings. The molecule has 0 N–H and O–H groups in total. The first kappa shape index (κ1) is 19.1. The first-order chi connectivity index (χ1) is 13.0. The van der Waals surface area contributed by atoms with Crippen LogP contribution >= 0.6 is 0 Å². The van der Waals surface area contributed by atoms with Crippen LogP contribution in [0.2, 0.25) is 0 Å². The van der Waals surface area contributed by atoms with Crippen LogP contribution in [0.25, 0.3) is 6.08 Å². The second-order valence-corrected chi connectivity index (χ2v) is 8.06. The molecule has 27 heavy (non-hydrogen) atoms. The highest BCUT2D eigenvalue weighted by Gasteiger charge is 2.29. The van der Waals surface area contributed by atoms with Gasteiger partial charge in [-0.3, -0.25) is 10.1 Å². The van der Waals surface area contributed by atoms with E-state index < -0.39 is 14.9 Å². The summed E-state index contributed by atoms with van der Waals surface area (Å²) in [6.07, 6.45) is 5.19. The summed E-state index contributed by atoms with van der Waals surface area (Å²) in [6, 6.07) is 13.4. The van der Waals surface area contributed by atoms with E-state index in [1.807, 2.05) is 36.4 Å². The van der Waals surface area contributed by atoms with E-state index in [-0.39, 0.29) is 22.9 Å². The van der Waals surface area contributed by atoms with Gasteiger partial charge in [0.1, 0.15) is 6.61 Å². The summed E-state index contributed by atoms with van der Waals surface area (Å²) >= 11 is 0. The summed E-state index contributed by atoms with van der Waals surface area (Å²) < 4.78 is 32.0. The molecule has 0 spiro atoms. The quantitative estimate of drug-likeness (QED) is 0.535. The van der Waals surface area contributed by atoms with Gasteiger partial charge in [0.25, 0.3) is 0 Å². The number of rotatable bonds is 7. The SMILES string of the molecule is O=[N+]([O-])c1cc(S(=O)(=O)N2CCCC2)ccc1OC/C=C/c1ccccc1. The van der Waals surface area contributed by atoms with Gasteiger partial charge in [0, 0.05) is 19.2 Å². The Kier molecular flexibility index (Phi) is 5.88. The van der Waals surface area contributed by atoms with E-state index in [1.165, 1.54) is 16.4 Å². The van der Waals surface area contributed by atoms with Gasteiger partial charge in [-0.15, -0.1) is 0 Å². The molecule has 0 radical (unpaired) electrons. The van der Waals surface area contributed by atoms with E-state index in [0.717, 1.165) is 24.5 Å². The summed E-state index contributed by atoms with van der Waals surface area (Å²) in [6.45, 7) is 1.02. The Balaban J connectivity index is 1.76. The lowest BCUT2D eigenvalue weighted by atomic mass is 10.2. The number of ether oxygens (including phenoxy) is 1. The van der Waals surface area contributed by atoms with Crippen LogP contribution < -0.4 is 4.74 Å². The largest absolute Gasteiger partial charge is 0.483 e. The lowest BCUT2D eigenvalue weighted by molar-refractivity contribution is -0.386. The number of benzene rings is 2. The van der Waals surface area contributed by atoms with Crippen molar-refractivity contribution in [3.05, 3.63) is 70.3 Å². The summed E-state index contributed by atoms with van der Waals surface area (Å²) in [5.41, 5.74) is 0.631. The van der Waals surface area contributed by atoms with Crippen LogP contribution in [0, 0.1) is 10.1 Å². The van der Waals surface area contributed by atoms with Crippen molar-refractivity contribution in [2.75, 3.05) is 19.7 Å². The number of nitro benzene ring substituents is 1. The molecule has 0 amide bonds. The van der Waals surface area contributed by atoms with Gasteiger partial charge < -0.3 is 4.74 Å². The van der Waals surface area contributed by atoms with Crippen LogP contribution in [0.5, 0.6) is 5.75 Å². The number of hydrogen-bond donors (Lipinski definition) is 0. The highest BCUT2D eigenvalue weighted by molar-refractivity contribution is 7.89. The number of sulfonamides is 1. The summed E-state index contributed by atoms with van der Waals surface area (Å²) in [5.74, 6) is 0.0399. The van der Waals surface area contributed by atoms with E-state index >= 15 is 0 Å². The van der Waals surface area contributed by atoms with Gasteiger partial charge in [-0.1, -0.05) is 36.4 Å². The fourth-order valence-corrected chi connectivity index (χ4v) is 4.42. The Morgan fingerprint density at radius 1 is 1.11 bits per heavy atom. The van der Waals surface area contributed by atoms with Crippen molar-refractivity contribution in [1.82, 2.24) is 4.31 Å². The predicted molar refractivity (Wildman–Crippen MR) is 102 cm³/mol. The van der Waals surface area contributed by atoms with Gasteiger partial charge in [-0.2, -0.15) is 4.31 Å². The summed E-state index contributed by atoms with van der Waals surface area (Å²) in [4.78, 5) is 10.7. The van der Waals surface area contributed by atoms with Crippen molar-refractivity contribution >= 4 is 21.8 Å². The van der Waals surface area contributed by atoms with Crippen molar-refractivity contribution in [1.29, 1.82) is 0 Å². The maximum absolute atomic E-state index is 12.6. The molecule has 2 aromatic rings. The van der Waals surface area contributed by atoms with Gasteiger partial charge in [-0.25, -0.2) is 8.42 Å². The molecule has 7 nitrogen and oxygen atoms in total. The molecular weight excluding hydrogens is 368 g/mol. The molecule has 8 heteroatoms. The van der Waals surface area contributed by atoms with Crippen LogP contribution in [0.1, 0.15) is 18.4 Å². The highest BCUT2D eigenvalue weighted by Crippen LogP contribution is 2.31. The molecule has 0 bridgehead atoms. The molecule has 0 saturated carbocycles. The van der Waals surface area contributed by atoms with Gasteiger partial charge in [-0.05, 0) is 36.6 Å². The second kappa shape index (κ2) is 8.32. The zero-order chi connectivity index (χ0) is 19.3. The van der Waals surface area contributed by atoms with Crippen LogP contribution in [-0.4, -0.2) is 37.3 Å². The van der Waals surface area contributed by atoms with Crippen LogP contribution in [-0.2, 0) is 10.0 Å². The predicted octanol–water partition coefficient (Wildman–Crippen LogP) is 3.47. The average Bonchev–Trinajstić information content (AvgIpc) is 3.21. The number of nitrogens with zero attached hydrogens (tertiary/aromatic N) is 2. The summed E-state index contributed by atoms with van der Waals surface area (Å²) in [5, 5.41) is 11.4. The fraction of sp³-hybridized carbons (Fsp3) is 0.263. The van der Waals surface area contributed by atoms with E-state index in [4.69, 9.17) is 4.74 Å². The van der Waals surface area contributed by atoms with E-state index in [9.17, 15) is 18.5 Å². The highest BCUT2D eigenvalue weighted by atomic mass is 32.2. The molecule has 1 heterocycles. The number of hydrogen-bond acceptors (Lipinski definition) is 5. The molecule has 0 atom stereocenters. The monoisotopic (exact) mass is 388 g/mol. The van der Waals surface area contributed by atoms with E-state index in [1.54, 1.807) is 6.08 Å². The Bertz CT molecular complexity index is 936. The third-order valence-electron chi connectivity index (χ3n) is 4.27. The Morgan fingerprint density at radius 3 is 2.48 bits per heavy atom. The third-order valence-corrected chi connectivity index (χ3v) is 6.17. The van der Waals surface area contributed by atoms with Crippen LogP contribution in [0.4, 0.5) is 5.69 Å². The molecule has 1 saturated heterocycles. The first-order valence-electron chi connectivity index (χ1n) is 8.61. The Morgan fingerprint density at radius 2 is 1.81 bits per heavy atom. The molecule has 3 rings (SSSR count). The smallest absolute Gasteiger partial charge is 0.312 e. The van der Waals surface area contributed by atoms with E-state index in [2.05, 4.69) is 0 Å². The average molecular weight is 388 g/mol. The van der Waals surface area contributed by atoms with Gasteiger partial charge in [0.05, 0.1) is 9.82 Å². The molecule has 142 valence electrons. The minimum absolute atomic E-state index is 0.0399. The molecular formula is C19H20N2O5S. The fourth-order valence-electron chi connectivity index (χ4n) is 2.89. The maximum atomic E-state index is 12.6. The zero-order valence-electron chi connectivity index (χ0n) is 14.7. The Labute approximate surface area is 158 Å². The molecule has 1 aliphatic heterocycles. The third kappa shape index (κ3) is 4.53. The van der Waals surface area contributed by atoms with Crippen LogP contribution in [0.3, 0.4) is 0 Å². The second-order valence-electron chi connectivity index (χ2n) is 6.12. The van der Waals surface area contributed by atoms with Crippen molar-refractivity contribution in [2.45, 2.75) is 17.7 Å². The molecule has 2 aromatic carbocycles. The van der Waals surface area contributed by atoms with E-state index in [0.29, 0.717) is 13.1 Å². The van der Waals surface area contributed by atoms with Gasteiger partial charge in [0.15, 0.2) is 5.75 Å². The van der Waals surface area contributed by atoms with Gasteiger partial charge >= 0.3 is 5.69 Å². The lowest BCUT2D eigenvalue weighted by Gasteiger charge is -2.15. The molecule has 0 aliphatic carbocycles. The van der Waals surface area contributed by atoms with Crippen molar-refractivity contribution < 1.29 is 18.1 Å². The Hall–Kier alpha value is -2.71. The normalized spacial score (nSPS) is 15.3. The lowest BCUT2D eigenvalue weighted by Crippen LogP contribution is -2.27. The minimum Gasteiger partial charge on any atom is -0.483 e. The first-order valence-corrected chi connectivity index (χ1v) is 10.1.